The Morgan fingerprint density at radius 2 is 1.85 bits per heavy atom. The van der Waals surface area contributed by atoms with Crippen molar-refractivity contribution in [3.05, 3.63) is 28.8 Å². The van der Waals surface area contributed by atoms with E-state index in [2.05, 4.69) is 13.8 Å². The molecule has 0 unspecified atom stereocenters. The normalized spacial score (nSPS) is 13.9. The lowest BCUT2D eigenvalue weighted by molar-refractivity contribution is 0.0980. The minimum atomic E-state index is 0.297. The summed E-state index contributed by atoms with van der Waals surface area (Å²) in [6, 6.07) is 4.01. The van der Waals surface area contributed by atoms with Gasteiger partial charge in [0.25, 0.3) is 0 Å². The topological polar surface area (TPSA) is 26.3 Å². The van der Waals surface area contributed by atoms with E-state index in [1.807, 2.05) is 12.1 Å². The number of ether oxygens (including phenoxy) is 1. The van der Waals surface area contributed by atoms with Crippen LogP contribution >= 0.6 is 0 Å². The lowest BCUT2D eigenvalue weighted by atomic mass is 9.85. The van der Waals surface area contributed by atoms with E-state index in [-0.39, 0.29) is 0 Å². The van der Waals surface area contributed by atoms with E-state index in [0.717, 1.165) is 50.0 Å². The van der Waals surface area contributed by atoms with E-state index in [4.69, 9.17) is 4.74 Å². The lowest BCUT2D eigenvalue weighted by Crippen LogP contribution is -2.13. The third-order valence-electron chi connectivity index (χ3n) is 4.02. The van der Waals surface area contributed by atoms with Crippen LogP contribution in [0.5, 0.6) is 5.75 Å². The summed E-state index contributed by atoms with van der Waals surface area (Å²) in [4.78, 5) is 12.2. The van der Waals surface area contributed by atoms with Crippen molar-refractivity contribution in [2.24, 2.45) is 0 Å². The van der Waals surface area contributed by atoms with E-state index in [0.29, 0.717) is 12.2 Å². The molecule has 2 rings (SSSR count). The van der Waals surface area contributed by atoms with Crippen molar-refractivity contribution in [3.63, 3.8) is 0 Å². The molecule has 0 bridgehead atoms. The average Bonchev–Trinajstić information content (AvgIpc) is 2.48. The number of carbonyl (C=O) groups is 1. The molecule has 0 saturated carbocycles. The highest BCUT2D eigenvalue weighted by molar-refractivity contribution is 5.98. The second-order valence-corrected chi connectivity index (χ2v) is 5.65. The minimum absolute atomic E-state index is 0.297. The maximum absolute atomic E-state index is 12.2. The van der Waals surface area contributed by atoms with Gasteiger partial charge < -0.3 is 4.74 Å². The van der Waals surface area contributed by atoms with E-state index in [9.17, 15) is 4.79 Å². The van der Waals surface area contributed by atoms with E-state index in [1.165, 1.54) is 24.0 Å². The number of unbranched alkanes of at least 4 members (excludes halogenated alkanes) is 1. The largest absolute Gasteiger partial charge is 0.493 e. The van der Waals surface area contributed by atoms with Crippen LogP contribution in [0.3, 0.4) is 0 Å². The maximum atomic E-state index is 12.2. The van der Waals surface area contributed by atoms with Crippen LogP contribution in [-0.2, 0) is 12.8 Å². The molecule has 0 spiro atoms. The fourth-order valence-electron chi connectivity index (χ4n) is 2.92. The maximum Gasteiger partial charge on any atom is 0.163 e. The van der Waals surface area contributed by atoms with Gasteiger partial charge in [-0.1, -0.05) is 20.3 Å². The van der Waals surface area contributed by atoms with Gasteiger partial charge in [0.05, 0.1) is 6.61 Å². The molecule has 0 aliphatic heterocycles. The van der Waals surface area contributed by atoms with Crippen molar-refractivity contribution >= 4 is 5.78 Å². The van der Waals surface area contributed by atoms with Crippen molar-refractivity contribution in [2.45, 2.75) is 65.2 Å². The zero-order chi connectivity index (χ0) is 14.4. The van der Waals surface area contributed by atoms with Gasteiger partial charge in [-0.05, 0) is 61.8 Å². The van der Waals surface area contributed by atoms with Crippen LogP contribution in [0.25, 0.3) is 0 Å². The number of fused-ring (bicyclic) bond motifs is 1. The van der Waals surface area contributed by atoms with Crippen molar-refractivity contribution in [3.8, 4) is 5.75 Å². The quantitative estimate of drug-likeness (QED) is 0.531. The van der Waals surface area contributed by atoms with Gasteiger partial charge in [0.2, 0.25) is 0 Å². The molecule has 1 aliphatic carbocycles. The van der Waals surface area contributed by atoms with Gasteiger partial charge >= 0.3 is 0 Å². The molecular formula is C18H26O2. The Bertz CT molecular complexity index is 463. The summed E-state index contributed by atoms with van der Waals surface area (Å²) < 4.78 is 5.93. The molecule has 0 heterocycles. The molecule has 0 N–H and O–H groups in total. The molecule has 1 aromatic carbocycles. The first-order chi connectivity index (χ1) is 9.77. The molecule has 20 heavy (non-hydrogen) atoms. The van der Waals surface area contributed by atoms with Crippen LogP contribution in [0.2, 0.25) is 0 Å². The van der Waals surface area contributed by atoms with Crippen molar-refractivity contribution in [1.29, 1.82) is 0 Å². The molecular weight excluding hydrogens is 248 g/mol. The van der Waals surface area contributed by atoms with Gasteiger partial charge in [0, 0.05) is 12.0 Å². The minimum Gasteiger partial charge on any atom is -0.493 e. The number of carbonyl (C=O) groups excluding carboxylic acids is 1. The number of hydrogen-bond acceptors (Lipinski definition) is 2. The summed E-state index contributed by atoms with van der Waals surface area (Å²) in [6.45, 7) is 5.02. The van der Waals surface area contributed by atoms with Crippen LogP contribution in [0, 0.1) is 0 Å². The predicted octanol–water partition coefficient (Wildman–Crippen LogP) is 4.73. The van der Waals surface area contributed by atoms with E-state index < -0.39 is 0 Å². The molecule has 0 saturated heterocycles. The van der Waals surface area contributed by atoms with E-state index in [1.54, 1.807) is 0 Å². The Hall–Kier alpha value is -1.31. The highest BCUT2D eigenvalue weighted by Crippen LogP contribution is 2.33. The average molecular weight is 274 g/mol. The van der Waals surface area contributed by atoms with Gasteiger partial charge in [0.1, 0.15) is 5.75 Å². The molecule has 1 aromatic rings. The number of Topliss-reactive ketones (excluding diaryl/α,β-unsaturated/α-hetero) is 1. The van der Waals surface area contributed by atoms with Crippen LogP contribution < -0.4 is 4.74 Å². The summed E-state index contributed by atoms with van der Waals surface area (Å²) in [5.41, 5.74) is 3.52. The van der Waals surface area contributed by atoms with Crippen molar-refractivity contribution < 1.29 is 9.53 Å². The van der Waals surface area contributed by atoms with Gasteiger partial charge in [-0.15, -0.1) is 0 Å². The second kappa shape index (κ2) is 7.47. The predicted molar refractivity (Wildman–Crippen MR) is 82.7 cm³/mol. The SMILES string of the molecule is CCCCOc1ccc(C(=O)CCC)c2c1CCCC2. The zero-order valence-corrected chi connectivity index (χ0v) is 12.8. The fraction of sp³-hybridized carbons (Fsp3) is 0.611. The highest BCUT2D eigenvalue weighted by Gasteiger charge is 2.20. The molecule has 0 radical (unpaired) electrons. The summed E-state index contributed by atoms with van der Waals surface area (Å²) in [6.07, 6.45) is 8.31. The van der Waals surface area contributed by atoms with Gasteiger partial charge in [-0.25, -0.2) is 0 Å². The highest BCUT2D eigenvalue weighted by atomic mass is 16.5. The summed E-state index contributed by atoms with van der Waals surface area (Å²) in [7, 11) is 0. The number of hydrogen-bond donors (Lipinski definition) is 0. The lowest BCUT2D eigenvalue weighted by Gasteiger charge is -2.22. The smallest absolute Gasteiger partial charge is 0.163 e. The fourth-order valence-corrected chi connectivity index (χ4v) is 2.92. The molecule has 110 valence electrons. The molecule has 0 fully saturated rings. The van der Waals surface area contributed by atoms with Crippen LogP contribution in [0.15, 0.2) is 12.1 Å². The molecule has 0 aromatic heterocycles. The van der Waals surface area contributed by atoms with Gasteiger partial charge in [-0.2, -0.15) is 0 Å². The third-order valence-corrected chi connectivity index (χ3v) is 4.02. The van der Waals surface area contributed by atoms with Crippen molar-refractivity contribution in [2.75, 3.05) is 6.61 Å². The number of rotatable bonds is 7. The van der Waals surface area contributed by atoms with Crippen LogP contribution in [0.1, 0.15) is 73.9 Å². The zero-order valence-electron chi connectivity index (χ0n) is 12.8. The molecule has 0 amide bonds. The third kappa shape index (κ3) is 3.41. The Morgan fingerprint density at radius 3 is 2.55 bits per heavy atom. The Labute approximate surface area is 122 Å². The molecule has 2 nitrogen and oxygen atoms in total. The van der Waals surface area contributed by atoms with Crippen LogP contribution in [0.4, 0.5) is 0 Å². The first-order valence-electron chi connectivity index (χ1n) is 8.08. The standard InChI is InChI=1S/C18H26O2/c1-3-5-13-20-18-12-11-15(17(19)8-4-2)14-9-6-7-10-16(14)18/h11-12H,3-10,13H2,1-2H3. The van der Waals surface area contributed by atoms with E-state index >= 15 is 0 Å². The molecule has 0 atom stereocenters. The first kappa shape index (κ1) is 15.1. The first-order valence-corrected chi connectivity index (χ1v) is 8.08. The Balaban J connectivity index is 2.26. The summed E-state index contributed by atoms with van der Waals surface area (Å²) in [5, 5.41) is 0. The number of benzene rings is 1. The molecule has 1 aliphatic rings. The summed E-state index contributed by atoms with van der Waals surface area (Å²) >= 11 is 0. The number of ketones is 1. The second-order valence-electron chi connectivity index (χ2n) is 5.65. The van der Waals surface area contributed by atoms with Crippen molar-refractivity contribution in [1.82, 2.24) is 0 Å². The molecule has 2 heteroatoms. The Morgan fingerprint density at radius 1 is 1.10 bits per heavy atom. The van der Waals surface area contributed by atoms with Crippen LogP contribution in [-0.4, -0.2) is 12.4 Å². The van der Waals surface area contributed by atoms with Gasteiger partial charge in [-0.3, -0.25) is 4.79 Å². The monoisotopic (exact) mass is 274 g/mol. The summed E-state index contributed by atoms with van der Waals surface area (Å²) in [5.74, 6) is 1.31. The Kier molecular flexibility index (Phi) is 5.63. The van der Waals surface area contributed by atoms with Gasteiger partial charge in [0.15, 0.2) is 5.78 Å².